The summed E-state index contributed by atoms with van der Waals surface area (Å²) in [6.07, 6.45) is 0. The van der Waals surface area contributed by atoms with Crippen LogP contribution in [0.4, 0.5) is 5.69 Å². The Bertz CT molecular complexity index is 395. The molecule has 1 heterocycles. The number of anilines is 1. The minimum absolute atomic E-state index is 0.00735. The molecule has 7 heteroatoms. The first-order valence-corrected chi connectivity index (χ1v) is 4.50. The van der Waals surface area contributed by atoms with E-state index in [1.807, 2.05) is 0 Å². The fraction of sp³-hybridized carbons (Fsp3) is 0.143. The summed E-state index contributed by atoms with van der Waals surface area (Å²) in [5.41, 5.74) is 5.30. The maximum absolute atomic E-state index is 11.1. The van der Waals surface area contributed by atoms with Crippen molar-refractivity contribution in [3.63, 3.8) is 0 Å². The topological polar surface area (TPSA) is 65.2 Å². The van der Waals surface area contributed by atoms with Crippen LogP contribution in [0.2, 0.25) is 15.2 Å². The van der Waals surface area contributed by atoms with Gasteiger partial charge in [-0.2, -0.15) is 0 Å². The number of nitrogens with two attached hydrogens (primary N) is 1. The summed E-state index contributed by atoms with van der Waals surface area (Å²) in [6.45, 7) is 0. The summed E-state index contributed by atoms with van der Waals surface area (Å²) < 4.78 is 4.43. The maximum atomic E-state index is 11.1. The molecule has 1 aromatic heterocycles. The van der Waals surface area contributed by atoms with Crippen molar-refractivity contribution >= 4 is 46.5 Å². The van der Waals surface area contributed by atoms with Gasteiger partial charge in [-0.3, -0.25) is 0 Å². The number of methoxy groups -OCH3 is 1. The molecule has 0 aliphatic heterocycles. The van der Waals surface area contributed by atoms with Crippen LogP contribution < -0.4 is 5.73 Å². The molecule has 0 saturated heterocycles. The van der Waals surface area contributed by atoms with E-state index in [2.05, 4.69) is 9.72 Å². The van der Waals surface area contributed by atoms with Crippen LogP contribution in [-0.2, 0) is 4.74 Å². The Hall–Kier alpha value is -0.710. The van der Waals surface area contributed by atoms with Crippen molar-refractivity contribution in [3.8, 4) is 0 Å². The third-order valence-corrected chi connectivity index (χ3v) is 2.68. The van der Waals surface area contributed by atoms with Gasteiger partial charge in [0.15, 0.2) is 5.69 Å². The number of carbonyl (C=O) groups excluding carboxylic acids is 1. The highest BCUT2D eigenvalue weighted by molar-refractivity contribution is 6.48. The summed E-state index contributed by atoms with van der Waals surface area (Å²) >= 11 is 16.9. The monoisotopic (exact) mass is 254 g/mol. The van der Waals surface area contributed by atoms with E-state index in [0.29, 0.717) is 0 Å². The number of pyridine rings is 1. The van der Waals surface area contributed by atoms with Gasteiger partial charge >= 0.3 is 5.97 Å². The van der Waals surface area contributed by atoms with E-state index in [1.165, 1.54) is 7.11 Å². The molecule has 4 nitrogen and oxygen atoms in total. The fourth-order valence-corrected chi connectivity index (χ4v) is 1.32. The molecule has 0 radical (unpaired) electrons. The van der Waals surface area contributed by atoms with E-state index in [-0.39, 0.29) is 26.6 Å². The van der Waals surface area contributed by atoms with Gasteiger partial charge < -0.3 is 10.5 Å². The minimum atomic E-state index is -0.719. The van der Waals surface area contributed by atoms with Crippen LogP contribution in [0.25, 0.3) is 0 Å². The zero-order valence-electron chi connectivity index (χ0n) is 6.97. The number of ether oxygens (including phenoxy) is 1. The Kier molecular flexibility index (Phi) is 3.42. The zero-order valence-corrected chi connectivity index (χ0v) is 9.24. The quantitative estimate of drug-likeness (QED) is 0.618. The Morgan fingerprint density at radius 3 is 2.43 bits per heavy atom. The van der Waals surface area contributed by atoms with Gasteiger partial charge in [-0.1, -0.05) is 34.8 Å². The summed E-state index contributed by atoms with van der Waals surface area (Å²) in [4.78, 5) is 14.8. The van der Waals surface area contributed by atoms with Gasteiger partial charge in [-0.25, -0.2) is 9.78 Å². The predicted octanol–water partition coefficient (Wildman–Crippen LogP) is 2.41. The SMILES string of the molecule is COC(=O)c1nc(Cl)c(Cl)c(Cl)c1N. The fourth-order valence-electron chi connectivity index (χ4n) is 0.772. The average molecular weight is 255 g/mol. The van der Waals surface area contributed by atoms with Gasteiger partial charge in [-0.15, -0.1) is 0 Å². The summed E-state index contributed by atoms with van der Waals surface area (Å²) in [6, 6.07) is 0. The third-order valence-electron chi connectivity index (χ3n) is 1.45. The molecule has 1 aromatic rings. The molecule has 2 N–H and O–H groups in total. The van der Waals surface area contributed by atoms with Crippen molar-refractivity contribution in [1.82, 2.24) is 4.98 Å². The number of carbonyl (C=O) groups is 1. The van der Waals surface area contributed by atoms with Crippen molar-refractivity contribution in [2.24, 2.45) is 0 Å². The van der Waals surface area contributed by atoms with Crippen molar-refractivity contribution in [1.29, 1.82) is 0 Å². The molecular weight excluding hydrogens is 250 g/mol. The first-order chi connectivity index (χ1) is 6.49. The van der Waals surface area contributed by atoms with Gasteiger partial charge in [0, 0.05) is 0 Å². The van der Waals surface area contributed by atoms with Crippen LogP contribution in [-0.4, -0.2) is 18.1 Å². The van der Waals surface area contributed by atoms with Crippen LogP contribution in [0, 0.1) is 0 Å². The van der Waals surface area contributed by atoms with Gasteiger partial charge in [0.25, 0.3) is 0 Å². The number of aromatic nitrogens is 1. The lowest BCUT2D eigenvalue weighted by Gasteiger charge is -2.06. The molecule has 0 spiro atoms. The van der Waals surface area contributed by atoms with E-state index in [1.54, 1.807) is 0 Å². The third kappa shape index (κ3) is 1.87. The highest BCUT2D eigenvalue weighted by atomic mass is 35.5. The van der Waals surface area contributed by atoms with Gasteiger partial charge in [0.1, 0.15) is 5.15 Å². The highest BCUT2D eigenvalue weighted by Crippen LogP contribution is 2.34. The first-order valence-electron chi connectivity index (χ1n) is 3.37. The second-order valence-corrected chi connectivity index (χ2v) is 3.40. The molecule has 0 saturated carbocycles. The molecular formula is C7H5Cl3N2O2. The molecule has 0 aliphatic rings. The van der Waals surface area contributed by atoms with Crippen LogP contribution in [0.1, 0.15) is 10.5 Å². The zero-order chi connectivity index (χ0) is 10.9. The number of halogens is 3. The second-order valence-electron chi connectivity index (χ2n) is 2.28. The molecule has 0 atom stereocenters. The number of hydrogen-bond acceptors (Lipinski definition) is 4. The van der Waals surface area contributed by atoms with Crippen LogP contribution >= 0.6 is 34.8 Å². The molecule has 1 rings (SSSR count). The first kappa shape index (κ1) is 11.4. The molecule has 0 bridgehead atoms. The van der Waals surface area contributed by atoms with Crippen LogP contribution in [0.5, 0.6) is 0 Å². The Balaban J connectivity index is 3.40. The highest BCUT2D eigenvalue weighted by Gasteiger charge is 2.19. The summed E-state index contributed by atoms with van der Waals surface area (Å²) in [7, 11) is 1.19. The lowest BCUT2D eigenvalue weighted by atomic mass is 10.3. The van der Waals surface area contributed by atoms with E-state index in [4.69, 9.17) is 40.5 Å². The van der Waals surface area contributed by atoms with Crippen LogP contribution in [0.3, 0.4) is 0 Å². The van der Waals surface area contributed by atoms with Crippen molar-refractivity contribution in [2.45, 2.75) is 0 Å². The van der Waals surface area contributed by atoms with E-state index in [0.717, 1.165) is 0 Å². The minimum Gasteiger partial charge on any atom is -0.464 e. The molecule has 76 valence electrons. The normalized spacial score (nSPS) is 10.0. The molecule has 0 amide bonds. The largest absolute Gasteiger partial charge is 0.464 e. The van der Waals surface area contributed by atoms with Gasteiger partial charge in [0.05, 0.1) is 22.8 Å². The van der Waals surface area contributed by atoms with E-state index < -0.39 is 5.97 Å². The molecule has 14 heavy (non-hydrogen) atoms. The van der Waals surface area contributed by atoms with Crippen molar-refractivity contribution < 1.29 is 9.53 Å². The number of hydrogen-bond donors (Lipinski definition) is 1. The number of rotatable bonds is 1. The number of nitrogen functional groups attached to an aromatic ring is 1. The summed E-state index contributed by atoms with van der Waals surface area (Å²) in [5.74, 6) is -0.719. The molecule has 0 aliphatic carbocycles. The van der Waals surface area contributed by atoms with Crippen LogP contribution in [0.15, 0.2) is 0 Å². The Labute approximate surface area is 94.9 Å². The summed E-state index contributed by atoms with van der Waals surface area (Å²) in [5, 5.41) is -0.0863. The van der Waals surface area contributed by atoms with Gasteiger partial charge in [-0.05, 0) is 0 Å². The van der Waals surface area contributed by atoms with Crippen molar-refractivity contribution in [3.05, 3.63) is 20.9 Å². The Morgan fingerprint density at radius 2 is 1.93 bits per heavy atom. The van der Waals surface area contributed by atoms with Crippen molar-refractivity contribution in [2.75, 3.05) is 12.8 Å². The predicted molar refractivity (Wildman–Crippen MR) is 55.0 cm³/mol. The Morgan fingerprint density at radius 1 is 1.36 bits per heavy atom. The standard InChI is InChI=1S/C7H5Cl3N2O2/c1-14-7(13)5-4(11)2(8)3(9)6(10)12-5/h11H2,1H3. The lowest BCUT2D eigenvalue weighted by Crippen LogP contribution is -2.09. The van der Waals surface area contributed by atoms with E-state index in [9.17, 15) is 4.79 Å². The van der Waals surface area contributed by atoms with Gasteiger partial charge in [0.2, 0.25) is 0 Å². The smallest absolute Gasteiger partial charge is 0.358 e. The maximum Gasteiger partial charge on any atom is 0.358 e. The lowest BCUT2D eigenvalue weighted by molar-refractivity contribution is 0.0595. The van der Waals surface area contributed by atoms with E-state index >= 15 is 0 Å². The number of esters is 1. The number of nitrogens with zero attached hydrogens (tertiary/aromatic N) is 1. The second kappa shape index (κ2) is 4.21. The molecule has 0 aromatic carbocycles. The molecule has 0 fully saturated rings. The molecule has 0 unspecified atom stereocenters. The average Bonchev–Trinajstić information content (AvgIpc) is 2.19.